The summed E-state index contributed by atoms with van der Waals surface area (Å²) in [6.45, 7) is 1.13. The third-order valence-corrected chi connectivity index (χ3v) is 6.74. The molecule has 5 rings (SSSR count). The second-order valence-corrected chi connectivity index (χ2v) is 8.65. The van der Waals surface area contributed by atoms with Gasteiger partial charge in [0.1, 0.15) is 6.61 Å². The van der Waals surface area contributed by atoms with Gasteiger partial charge in [0.15, 0.2) is 6.10 Å². The Bertz CT molecular complexity index is 817. The topological polar surface area (TPSA) is 91.8 Å². The van der Waals surface area contributed by atoms with Crippen molar-refractivity contribution in [1.29, 1.82) is 0 Å². The SMILES string of the molecule is O=C1CCC2(CCN(C(=O)[C@H]3OCC(=O)N(C4CC4)[C@@H]3c3cccnc3)CC2)N1. The summed E-state index contributed by atoms with van der Waals surface area (Å²) in [7, 11) is 0. The van der Waals surface area contributed by atoms with Crippen molar-refractivity contribution >= 4 is 17.7 Å². The monoisotopic (exact) mass is 398 g/mol. The number of hydrogen-bond donors (Lipinski definition) is 1. The third kappa shape index (κ3) is 3.39. The lowest BCUT2D eigenvalue weighted by molar-refractivity contribution is -0.171. The number of carbonyl (C=O) groups is 3. The van der Waals surface area contributed by atoms with Crippen molar-refractivity contribution in [3.05, 3.63) is 30.1 Å². The maximum absolute atomic E-state index is 13.5. The Hall–Kier alpha value is -2.48. The van der Waals surface area contributed by atoms with E-state index in [2.05, 4.69) is 10.3 Å². The summed E-state index contributed by atoms with van der Waals surface area (Å²) < 4.78 is 5.83. The van der Waals surface area contributed by atoms with Crippen LogP contribution in [0.1, 0.15) is 50.1 Å². The molecular weight excluding hydrogens is 372 g/mol. The number of rotatable bonds is 3. The van der Waals surface area contributed by atoms with E-state index in [1.807, 2.05) is 21.9 Å². The number of piperidine rings is 1. The molecule has 1 aromatic heterocycles. The Kier molecular flexibility index (Phi) is 4.53. The molecule has 2 atom stereocenters. The minimum atomic E-state index is -0.718. The molecule has 4 aliphatic rings. The predicted octanol–water partition coefficient (Wildman–Crippen LogP) is 0.784. The number of amides is 3. The molecule has 0 bridgehead atoms. The first kappa shape index (κ1) is 18.5. The molecule has 0 unspecified atom stereocenters. The van der Waals surface area contributed by atoms with Crippen LogP contribution in [-0.2, 0) is 19.1 Å². The Labute approximate surface area is 169 Å². The normalized spacial score (nSPS) is 29.2. The molecule has 154 valence electrons. The Morgan fingerprint density at radius 2 is 2.00 bits per heavy atom. The highest BCUT2D eigenvalue weighted by molar-refractivity contribution is 5.87. The van der Waals surface area contributed by atoms with Crippen LogP contribution in [0, 0.1) is 0 Å². The fourth-order valence-electron chi connectivity index (χ4n) is 4.99. The fraction of sp³-hybridized carbons (Fsp3) is 0.619. The van der Waals surface area contributed by atoms with E-state index in [1.54, 1.807) is 12.4 Å². The van der Waals surface area contributed by atoms with Gasteiger partial charge in [0.2, 0.25) is 11.8 Å². The Morgan fingerprint density at radius 1 is 1.21 bits per heavy atom. The summed E-state index contributed by atoms with van der Waals surface area (Å²) in [6, 6.07) is 3.49. The molecule has 0 radical (unpaired) electrons. The van der Waals surface area contributed by atoms with Crippen molar-refractivity contribution in [2.45, 2.75) is 62.3 Å². The van der Waals surface area contributed by atoms with E-state index in [-0.39, 0.29) is 35.9 Å². The summed E-state index contributed by atoms with van der Waals surface area (Å²) in [6.07, 6.45) is 7.57. The Balaban J connectivity index is 1.36. The standard InChI is InChI=1S/C21H26N4O4/c26-16-5-6-21(23-16)7-10-24(11-8-21)20(28)19-18(14-2-1-9-22-12-14)25(15-3-4-15)17(27)13-29-19/h1-2,9,12,15,18-19H,3-8,10-11,13H2,(H,23,26)/t18-,19+/m1/s1. The van der Waals surface area contributed by atoms with Gasteiger partial charge in [-0.25, -0.2) is 0 Å². The smallest absolute Gasteiger partial charge is 0.254 e. The Morgan fingerprint density at radius 3 is 2.62 bits per heavy atom. The number of morpholine rings is 1. The van der Waals surface area contributed by atoms with Gasteiger partial charge in [-0.3, -0.25) is 19.4 Å². The van der Waals surface area contributed by atoms with E-state index in [0.717, 1.165) is 37.7 Å². The number of nitrogens with one attached hydrogen (secondary N) is 1. The number of carbonyl (C=O) groups excluding carboxylic acids is 3. The zero-order chi connectivity index (χ0) is 20.0. The second kappa shape index (κ2) is 7.09. The minimum Gasteiger partial charge on any atom is -0.356 e. The van der Waals surface area contributed by atoms with Gasteiger partial charge in [-0.1, -0.05) is 6.07 Å². The fourth-order valence-corrected chi connectivity index (χ4v) is 4.99. The van der Waals surface area contributed by atoms with E-state index in [9.17, 15) is 14.4 Å². The molecule has 8 heteroatoms. The van der Waals surface area contributed by atoms with Crippen molar-refractivity contribution < 1.29 is 19.1 Å². The predicted molar refractivity (Wildman–Crippen MR) is 103 cm³/mol. The zero-order valence-corrected chi connectivity index (χ0v) is 16.4. The second-order valence-electron chi connectivity index (χ2n) is 8.65. The molecule has 1 spiro atoms. The number of nitrogens with zero attached hydrogens (tertiary/aromatic N) is 3. The largest absolute Gasteiger partial charge is 0.356 e. The van der Waals surface area contributed by atoms with Gasteiger partial charge in [0, 0.05) is 43.5 Å². The highest BCUT2D eigenvalue weighted by atomic mass is 16.5. The van der Waals surface area contributed by atoms with Gasteiger partial charge in [-0.15, -0.1) is 0 Å². The van der Waals surface area contributed by atoms with Gasteiger partial charge in [-0.05, 0) is 43.7 Å². The van der Waals surface area contributed by atoms with Crippen molar-refractivity contribution in [3.8, 4) is 0 Å². The van der Waals surface area contributed by atoms with Crippen molar-refractivity contribution in [2.75, 3.05) is 19.7 Å². The first-order valence-electron chi connectivity index (χ1n) is 10.5. The van der Waals surface area contributed by atoms with Crippen LogP contribution in [0.5, 0.6) is 0 Å². The van der Waals surface area contributed by atoms with Gasteiger partial charge in [0.25, 0.3) is 5.91 Å². The summed E-state index contributed by atoms with van der Waals surface area (Å²) >= 11 is 0. The molecule has 1 aromatic rings. The van der Waals surface area contributed by atoms with Gasteiger partial charge in [-0.2, -0.15) is 0 Å². The number of ether oxygens (including phenoxy) is 1. The maximum Gasteiger partial charge on any atom is 0.254 e. The molecule has 0 aromatic carbocycles. The lowest BCUT2D eigenvalue weighted by Crippen LogP contribution is -2.58. The molecule has 1 saturated carbocycles. The van der Waals surface area contributed by atoms with E-state index in [0.29, 0.717) is 19.5 Å². The number of likely N-dealkylation sites (tertiary alicyclic amines) is 1. The van der Waals surface area contributed by atoms with Crippen LogP contribution >= 0.6 is 0 Å². The quantitative estimate of drug-likeness (QED) is 0.813. The average molecular weight is 398 g/mol. The first-order chi connectivity index (χ1) is 14.1. The summed E-state index contributed by atoms with van der Waals surface area (Å²) in [5, 5.41) is 3.11. The molecule has 4 heterocycles. The maximum atomic E-state index is 13.5. The molecule has 29 heavy (non-hydrogen) atoms. The van der Waals surface area contributed by atoms with Gasteiger partial charge < -0.3 is 19.9 Å². The first-order valence-corrected chi connectivity index (χ1v) is 10.5. The number of aromatic nitrogens is 1. The molecule has 3 amide bonds. The van der Waals surface area contributed by atoms with Crippen LogP contribution in [0.4, 0.5) is 0 Å². The van der Waals surface area contributed by atoms with Crippen LogP contribution in [0.15, 0.2) is 24.5 Å². The van der Waals surface area contributed by atoms with Crippen LogP contribution in [-0.4, -0.2) is 69.9 Å². The number of pyridine rings is 1. The van der Waals surface area contributed by atoms with Crippen LogP contribution in [0.25, 0.3) is 0 Å². The highest BCUT2D eigenvalue weighted by Gasteiger charge is 2.49. The van der Waals surface area contributed by atoms with Crippen LogP contribution in [0.3, 0.4) is 0 Å². The van der Waals surface area contributed by atoms with Crippen molar-refractivity contribution in [1.82, 2.24) is 20.1 Å². The average Bonchev–Trinajstić information content (AvgIpc) is 3.52. The lowest BCUT2D eigenvalue weighted by Gasteiger charge is -2.44. The molecule has 3 aliphatic heterocycles. The minimum absolute atomic E-state index is 0.0580. The third-order valence-electron chi connectivity index (χ3n) is 6.74. The molecular formula is C21H26N4O4. The molecule has 1 N–H and O–H groups in total. The van der Waals surface area contributed by atoms with E-state index in [1.165, 1.54) is 0 Å². The highest BCUT2D eigenvalue weighted by Crippen LogP contribution is 2.40. The van der Waals surface area contributed by atoms with E-state index in [4.69, 9.17) is 4.74 Å². The van der Waals surface area contributed by atoms with Gasteiger partial charge >= 0.3 is 0 Å². The molecule has 4 fully saturated rings. The van der Waals surface area contributed by atoms with Crippen LogP contribution < -0.4 is 5.32 Å². The van der Waals surface area contributed by atoms with Crippen LogP contribution in [0.2, 0.25) is 0 Å². The van der Waals surface area contributed by atoms with Gasteiger partial charge in [0.05, 0.1) is 6.04 Å². The molecule has 1 aliphatic carbocycles. The molecule has 3 saturated heterocycles. The number of hydrogen-bond acceptors (Lipinski definition) is 5. The van der Waals surface area contributed by atoms with Crippen molar-refractivity contribution in [3.63, 3.8) is 0 Å². The van der Waals surface area contributed by atoms with Crippen molar-refractivity contribution in [2.24, 2.45) is 0 Å². The summed E-state index contributed by atoms with van der Waals surface area (Å²) in [4.78, 5) is 45.6. The summed E-state index contributed by atoms with van der Waals surface area (Å²) in [5.74, 6) is -0.0246. The van der Waals surface area contributed by atoms with E-state index >= 15 is 0 Å². The lowest BCUT2D eigenvalue weighted by atomic mass is 9.86. The van der Waals surface area contributed by atoms with E-state index < -0.39 is 12.1 Å². The molecule has 8 nitrogen and oxygen atoms in total. The zero-order valence-electron chi connectivity index (χ0n) is 16.4. The summed E-state index contributed by atoms with van der Waals surface area (Å²) in [5.41, 5.74) is 0.683.